The molecule has 4 heteroatoms. The summed E-state index contributed by atoms with van der Waals surface area (Å²) in [4.78, 5) is 11.6. The topological polar surface area (TPSA) is 69.6 Å². The van der Waals surface area contributed by atoms with Gasteiger partial charge < -0.3 is 15.5 Å². The first-order chi connectivity index (χ1) is 10.7. The van der Waals surface area contributed by atoms with Crippen LogP contribution >= 0.6 is 0 Å². The summed E-state index contributed by atoms with van der Waals surface area (Å²) < 4.78 is 0. The lowest BCUT2D eigenvalue weighted by atomic mass is 10.1. The fourth-order valence-electron chi connectivity index (χ4n) is 1.98. The summed E-state index contributed by atoms with van der Waals surface area (Å²) in [5.74, 6) is -0.118. The van der Waals surface area contributed by atoms with E-state index in [1.165, 1.54) is 12.8 Å². The number of rotatable bonds is 13. The highest BCUT2D eigenvalue weighted by atomic mass is 16.3. The minimum Gasteiger partial charge on any atom is -0.394 e. The summed E-state index contributed by atoms with van der Waals surface area (Å²) in [6.07, 6.45) is 14.6. The van der Waals surface area contributed by atoms with Crippen LogP contribution in [0.2, 0.25) is 0 Å². The van der Waals surface area contributed by atoms with Gasteiger partial charge in [0.1, 0.15) is 0 Å². The molecule has 2 atom stereocenters. The SMILES string of the molecule is CCCC/C=C/CC/C=C/C(O)C(CO)NC(=O)CCCC. The van der Waals surface area contributed by atoms with Gasteiger partial charge in [-0.2, -0.15) is 0 Å². The summed E-state index contributed by atoms with van der Waals surface area (Å²) in [5.41, 5.74) is 0. The molecule has 0 aromatic heterocycles. The molecule has 0 aromatic rings. The van der Waals surface area contributed by atoms with E-state index in [1.807, 2.05) is 13.0 Å². The average Bonchev–Trinajstić information content (AvgIpc) is 2.52. The number of unbranched alkanes of at least 4 members (excludes halogenated alkanes) is 4. The molecule has 0 aliphatic carbocycles. The standard InChI is InChI=1S/C18H33NO3/c1-3-5-7-8-9-10-11-12-13-17(21)16(15-20)19-18(22)14-6-4-2/h8-9,12-13,16-17,20-21H,3-7,10-11,14-15H2,1-2H3,(H,19,22)/b9-8+,13-12+. The summed E-state index contributed by atoms with van der Waals surface area (Å²) in [7, 11) is 0. The fourth-order valence-corrected chi connectivity index (χ4v) is 1.98. The van der Waals surface area contributed by atoms with Gasteiger partial charge in [-0.05, 0) is 25.7 Å². The summed E-state index contributed by atoms with van der Waals surface area (Å²) in [5, 5.41) is 21.9. The lowest BCUT2D eigenvalue weighted by Crippen LogP contribution is -2.45. The lowest BCUT2D eigenvalue weighted by molar-refractivity contribution is -0.122. The molecule has 2 unspecified atom stereocenters. The maximum atomic E-state index is 11.6. The van der Waals surface area contributed by atoms with Crippen LogP contribution in [-0.4, -0.2) is 34.9 Å². The molecule has 0 radical (unpaired) electrons. The maximum absolute atomic E-state index is 11.6. The van der Waals surface area contributed by atoms with E-state index in [-0.39, 0.29) is 12.5 Å². The van der Waals surface area contributed by atoms with Crippen molar-refractivity contribution in [3.8, 4) is 0 Å². The Bertz CT molecular complexity index is 326. The molecule has 0 aliphatic heterocycles. The van der Waals surface area contributed by atoms with Gasteiger partial charge in [0.15, 0.2) is 0 Å². The van der Waals surface area contributed by atoms with Crippen LogP contribution in [0.15, 0.2) is 24.3 Å². The predicted octanol–water partition coefficient (Wildman–Crippen LogP) is 3.10. The van der Waals surface area contributed by atoms with Crippen LogP contribution in [0.25, 0.3) is 0 Å². The fraction of sp³-hybridized carbons (Fsp3) is 0.722. The van der Waals surface area contributed by atoms with Crippen molar-refractivity contribution in [3.05, 3.63) is 24.3 Å². The number of aliphatic hydroxyl groups excluding tert-OH is 2. The van der Waals surface area contributed by atoms with Gasteiger partial charge in [0.25, 0.3) is 0 Å². The van der Waals surface area contributed by atoms with Crippen LogP contribution in [0.1, 0.15) is 65.2 Å². The molecule has 0 rings (SSSR count). The molecular formula is C18H33NO3. The van der Waals surface area contributed by atoms with Gasteiger partial charge in [-0.15, -0.1) is 0 Å². The van der Waals surface area contributed by atoms with Gasteiger partial charge in [0.05, 0.1) is 18.8 Å². The van der Waals surface area contributed by atoms with E-state index in [0.29, 0.717) is 6.42 Å². The van der Waals surface area contributed by atoms with Crippen LogP contribution in [0.4, 0.5) is 0 Å². The highest BCUT2D eigenvalue weighted by molar-refractivity contribution is 5.76. The largest absolute Gasteiger partial charge is 0.394 e. The van der Waals surface area contributed by atoms with Gasteiger partial charge in [-0.25, -0.2) is 0 Å². The summed E-state index contributed by atoms with van der Waals surface area (Å²) in [6, 6.07) is -0.624. The first-order valence-corrected chi connectivity index (χ1v) is 8.55. The van der Waals surface area contributed by atoms with E-state index >= 15 is 0 Å². The number of aliphatic hydroxyl groups is 2. The van der Waals surface area contributed by atoms with Gasteiger partial charge in [0, 0.05) is 6.42 Å². The van der Waals surface area contributed by atoms with Crippen LogP contribution in [0.3, 0.4) is 0 Å². The molecule has 0 heterocycles. The molecule has 128 valence electrons. The van der Waals surface area contributed by atoms with Crippen molar-refractivity contribution >= 4 is 5.91 Å². The van der Waals surface area contributed by atoms with Crippen molar-refractivity contribution in [1.29, 1.82) is 0 Å². The molecule has 1 amide bonds. The Labute approximate surface area is 135 Å². The van der Waals surface area contributed by atoms with Crippen LogP contribution < -0.4 is 5.32 Å². The third kappa shape index (κ3) is 11.5. The maximum Gasteiger partial charge on any atom is 0.220 e. The van der Waals surface area contributed by atoms with Crippen LogP contribution in [-0.2, 0) is 4.79 Å². The molecule has 0 saturated heterocycles. The predicted molar refractivity (Wildman–Crippen MR) is 91.6 cm³/mol. The van der Waals surface area contributed by atoms with Crippen LogP contribution in [0, 0.1) is 0 Å². The van der Waals surface area contributed by atoms with Crippen LogP contribution in [0.5, 0.6) is 0 Å². The highest BCUT2D eigenvalue weighted by Crippen LogP contribution is 2.02. The molecule has 3 N–H and O–H groups in total. The zero-order chi connectivity index (χ0) is 16.6. The number of carbonyl (C=O) groups is 1. The number of amides is 1. The zero-order valence-electron chi connectivity index (χ0n) is 14.1. The Morgan fingerprint density at radius 2 is 1.68 bits per heavy atom. The Morgan fingerprint density at radius 3 is 2.32 bits per heavy atom. The van der Waals surface area contributed by atoms with Crippen molar-refractivity contribution in [1.82, 2.24) is 5.32 Å². The first-order valence-electron chi connectivity index (χ1n) is 8.55. The van der Waals surface area contributed by atoms with Gasteiger partial charge in [-0.3, -0.25) is 4.79 Å². The molecule has 0 spiro atoms. The van der Waals surface area contributed by atoms with E-state index in [2.05, 4.69) is 24.4 Å². The molecule has 0 aliphatic rings. The number of carbonyl (C=O) groups excluding carboxylic acids is 1. The van der Waals surface area contributed by atoms with Crippen molar-refractivity contribution in [3.63, 3.8) is 0 Å². The Morgan fingerprint density at radius 1 is 1.05 bits per heavy atom. The van der Waals surface area contributed by atoms with E-state index < -0.39 is 12.1 Å². The molecule has 0 bridgehead atoms. The summed E-state index contributed by atoms with van der Waals surface area (Å²) >= 11 is 0. The number of allylic oxidation sites excluding steroid dienone is 3. The van der Waals surface area contributed by atoms with Gasteiger partial charge in [-0.1, -0.05) is 57.4 Å². The third-order valence-corrected chi connectivity index (χ3v) is 3.44. The second-order valence-corrected chi connectivity index (χ2v) is 5.57. The first kappa shape index (κ1) is 20.9. The Hall–Kier alpha value is -1.13. The average molecular weight is 311 g/mol. The lowest BCUT2D eigenvalue weighted by Gasteiger charge is -2.19. The van der Waals surface area contributed by atoms with E-state index in [0.717, 1.165) is 32.1 Å². The van der Waals surface area contributed by atoms with Crippen molar-refractivity contribution in [2.75, 3.05) is 6.61 Å². The quantitative estimate of drug-likeness (QED) is 0.361. The summed E-state index contributed by atoms with van der Waals surface area (Å²) in [6.45, 7) is 3.93. The smallest absolute Gasteiger partial charge is 0.220 e. The third-order valence-electron chi connectivity index (χ3n) is 3.44. The number of nitrogens with one attached hydrogen (secondary N) is 1. The normalized spacial score (nSPS) is 14.5. The zero-order valence-corrected chi connectivity index (χ0v) is 14.1. The Kier molecular flexibility index (Phi) is 14.0. The Balaban J connectivity index is 3.98. The van der Waals surface area contributed by atoms with Crippen molar-refractivity contribution in [2.45, 2.75) is 77.4 Å². The molecule has 0 aromatic carbocycles. The molecule has 0 saturated carbocycles. The molecule has 0 fully saturated rings. The second-order valence-electron chi connectivity index (χ2n) is 5.57. The molecular weight excluding hydrogens is 278 g/mol. The second kappa shape index (κ2) is 14.8. The van der Waals surface area contributed by atoms with Gasteiger partial charge in [0.2, 0.25) is 5.91 Å². The minimum absolute atomic E-state index is 0.118. The van der Waals surface area contributed by atoms with Crippen molar-refractivity contribution in [2.24, 2.45) is 0 Å². The van der Waals surface area contributed by atoms with E-state index in [4.69, 9.17) is 0 Å². The number of hydrogen-bond acceptors (Lipinski definition) is 3. The highest BCUT2D eigenvalue weighted by Gasteiger charge is 2.17. The van der Waals surface area contributed by atoms with E-state index in [1.54, 1.807) is 6.08 Å². The molecule has 4 nitrogen and oxygen atoms in total. The molecule has 22 heavy (non-hydrogen) atoms. The number of hydrogen-bond donors (Lipinski definition) is 3. The minimum atomic E-state index is -0.848. The monoisotopic (exact) mass is 311 g/mol. The van der Waals surface area contributed by atoms with E-state index in [9.17, 15) is 15.0 Å². The van der Waals surface area contributed by atoms with Crippen molar-refractivity contribution < 1.29 is 15.0 Å². The van der Waals surface area contributed by atoms with Gasteiger partial charge >= 0.3 is 0 Å².